The Kier molecular flexibility index (Phi) is 4.56. The molecule has 0 unspecified atom stereocenters. The minimum absolute atomic E-state index is 0.686. The predicted octanol–water partition coefficient (Wildman–Crippen LogP) is 3.63. The molecule has 2 aromatic heterocycles. The van der Waals surface area contributed by atoms with E-state index in [-0.39, 0.29) is 0 Å². The zero-order chi connectivity index (χ0) is 15.4. The van der Waals surface area contributed by atoms with Crippen molar-refractivity contribution in [3.8, 4) is 6.07 Å². The maximum absolute atomic E-state index is 8.81. The van der Waals surface area contributed by atoms with Gasteiger partial charge in [-0.2, -0.15) is 5.26 Å². The lowest BCUT2D eigenvalue weighted by atomic mass is 10.2. The number of aromatic nitrogens is 3. The molecule has 4 nitrogen and oxygen atoms in total. The summed E-state index contributed by atoms with van der Waals surface area (Å²) in [6.45, 7) is 0. The van der Waals surface area contributed by atoms with Crippen molar-refractivity contribution in [1.29, 1.82) is 5.26 Å². The third-order valence-corrected chi connectivity index (χ3v) is 5.26. The molecule has 0 aliphatic carbocycles. The van der Waals surface area contributed by atoms with E-state index < -0.39 is 0 Å². The van der Waals surface area contributed by atoms with E-state index in [9.17, 15) is 0 Å². The molecule has 0 radical (unpaired) electrons. The van der Waals surface area contributed by atoms with Gasteiger partial charge in [0.05, 0.1) is 11.6 Å². The van der Waals surface area contributed by atoms with Crippen molar-refractivity contribution in [2.24, 2.45) is 7.05 Å². The van der Waals surface area contributed by atoms with Gasteiger partial charge in [0, 0.05) is 24.1 Å². The van der Waals surface area contributed by atoms with Crippen LogP contribution < -0.4 is 0 Å². The minimum atomic E-state index is 0.686. The van der Waals surface area contributed by atoms with Crippen LogP contribution in [0.1, 0.15) is 21.8 Å². The van der Waals surface area contributed by atoms with Gasteiger partial charge in [0.1, 0.15) is 5.82 Å². The first kappa shape index (κ1) is 14.8. The van der Waals surface area contributed by atoms with Gasteiger partial charge in [0.2, 0.25) is 0 Å². The summed E-state index contributed by atoms with van der Waals surface area (Å²) in [5.41, 5.74) is 1.86. The molecule has 0 N–H and O–H groups in total. The minimum Gasteiger partial charge on any atom is -0.309 e. The van der Waals surface area contributed by atoms with Gasteiger partial charge in [-0.25, -0.2) is 0 Å². The van der Waals surface area contributed by atoms with Crippen molar-refractivity contribution < 1.29 is 0 Å². The molecule has 0 bridgehead atoms. The van der Waals surface area contributed by atoms with E-state index in [2.05, 4.69) is 33.8 Å². The predicted molar refractivity (Wildman–Crippen MR) is 88.8 cm³/mol. The zero-order valence-corrected chi connectivity index (χ0v) is 13.7. The first-order valence-electron chi connectivity index (χ1n) is 6.79. The van der Waals surface area contributed by atoms with Crippen LogP contribution in [0.2, 0.25) is 0 Å². The number of thioether (sulfide) groups is 1. The van der Waals surface area contributed by atoms with Crippen molar-refractivity contribution in [2.75, 3.05) is 0 Å². The quantitative estimate of drug-likeness (QED) is 0.672. The Hall–Kier alpha value is -2.10. The number of rotatable bonds is 5. The van der Waals surface area contributed by atoms with E-state index in [4.69, 9.17) is 5.26 Å². The van der Waals surface area contributed by atoms with Crippen molar-refractivity contribution >= 4 is 23.1 Å². The fourth-order valence-electron chi connectivity index (χ4n) is 2.02. The molecule has 0 amide bonds. The Bertz CT molecular complexity index is 783. The Labute approximate surface area is 137 Å². The van der Waals surface area contributed by atoms with Crippen molar-refractivity contribution in [3.63, 3.8) is 0 Å². The summed E-state index contributed by atoms with van der Waals surface area (Å²) in [7, 11) is 2.00. The van der Waals surface area contributed by atoms with Crippen LogP contribution >= 0.6 is 23.1 Å². The summed E-state index contributed by atoms with van der Waals surface area (Å²) < 4.78 is 2.05. The van der Waals surface area contributed by atoms with Gasteiger partial charge in [-0.3, -0.25) is 0 Å². The van der Waals surface area contributed by atoms with Crippen LogP contribution in [0.4, 0.5) is 0 Å². The molecule has 0 spiro atoms. The number of nitrogens with zero attached hydrogens (tertiary/aromatic N) is 4. The molecule has 2 heterocycles. The Balaban J connectivity index is 1.65. The normalized spacial score (nSPS) is 10.5. The third kappa shape index (κ3) is 3.38. The molecule has 0 atom stereocenters. The molecule has 110 valence electrons. The molecule has 6 heteroatoms. The average molecular weight is 326 g/mol. The number of benzene rings is 1. The fraction of sp³-hybridized carbons (Fsp3) is 0.188. The molecule has 3 aromatic rings. The molecule has 0 aliphatic rings. The number of nitriles is 1. The lowest BCUT2D eigenvalue weighted by Gasteiger charge is -2.03. The summed E-state index contributed by atoms with van der Waals surface area (Å²) in [6.07, 6.45) is 0.818. The highest BCUT2D eigenvalue weighted by Gasteiger charge is 2.10. The Morgan fingerprint density at radius 1 is 1.23 bits per heavy atom. The summed E-state index contributed by atoms with van der Waals surface area (Å²) in [6, 6.07) is 13.9. The second kappa shape index (κ2) is 6.77. The highest BCUT2D eigenvalue weighted by atomic mass is 32.2. The van der Waals surface area contributed by atoms with Gasteiger partial charge in [0.15, 0.2) is 5.16 Å². The lowest BCUT2D eigenvalue weighted by Crippen LogP contribution is -1.99. The molecular formula is C16H14N4S2. The van der Waals surface area contributed by atoms with Crippen molar-refractivity contribution in [2.45, 2.75) is 17.3 Å². The summed E-state index contributed by atoms with van der Waals surface area (Å²) in [4.78, 5) is 1.29. The van der Waals surface area contributed by atoms with Crippen LogP contribution in [0.5, 0.6) is 0 Å². The zero-order valence-electron chi connectivity index (χ0n) is 12.1. The molecule has 0 saturated carbocycles. The van der Waals surface area contributed by atoms with Crippen LogP contribution in [0.3, 0.4) is 0 Å². The second-order valence-corrected chi connectivity index (χ2v) is 6.79. The van der Waals surface area contributed by atoms with Gasteiger partial charge >= 0.3 is 0 Å². The summed E-state index contributed by atoms with van der Waals surface area (Å²) in [5.74, 6) is 1.79. The van der Waals surface area contributed by atoms with E-state index in [1.54, 1.807) is 23.1 Å². The summed E-state index contributed by atoms with van der Waals surface area (Å²) >= 11 is 3.39. The summed E-state index contributed by atoms with van der Waals surface area (Å²) in [5, 5.41) is 20.4. The van der Waals surface area contributed by atoms with Crippen molar-refractivity contribution in [3.05, 3.63) is 63.6 Å². The van der Waals surface area contributed by atoms with E-state index in [0.29, 0.717) is 5.56 Å². The van der Waals surface area contributed by atoms with Crippen LogP contribution in [-0.4, -0.2) is 14.8 Å². The Morgan fingerprint density at radius 3 is 2.73 bits per heavy atom. The monoisotopic (exact) mass is 326 g/mol. The standard InChI is InChI=1S/C16H14N4S2/c1-20-15(9-14-3-2-8-21-14)18-19-16(20)22-11-13-6-4-12(10-17)5-7-13/h2-8H,9,11H2,1H3. The fourth-order valence-corrected chi connectivity index (χ4v) is 3.60. The molecule has 0 fully saturated rings. The largest absolute Gasteiger partial charge is 0.309 e. The number of thiophene rings is 1. The third-order valence-electron chi connectivity index (χ3n) is 3.29. The number of hydrogen-bond donors (Lipinski definition) is 0. The molecule has 0 saturated heterocycles. The highest BCUT2D eigenvalue weighted by molar-refractivity contribution is 7.98. The SMILES string of the molecule is Cn1c(Cc2cccs2)nnc1SCc1ccc(C#N)cc1. The number of hydrogen-bond acceptors (Lipinski definition) is 5. The molecule has 1 aromatic carbocycles. The van der Waals surface area contributed by atoms with Crippen molar-refractivity contribution in [1.82, 2.24) is 14.8 Å². The average Bonchev–Trinajstić information content (AvgIpc) is 3.18. The molecule has 22 heavy (non-hydrogen) atoms. The topological polar surface area (TPSA) is 54.5 Å². The maximum atomic E-state index is 8.81. The lowest BCUT2D eigenvalue weighted by molar-refractivity contribution is 0.751. The van der Waals surface area contributed by atoms with Crippen LogP contribution in [0.25, 0.3) is 0 Å². The highest BCUT2D eigenvalue weighted by Crippen LogP contribution is 2.22. The maximum Gasteiger partial charge on any atom is 0.191 e. The van der Waals surface area contributed by atoms with E-state index in [1.165, 1.54) is 10.4 Å². The smallest absolute Gasteiger partial charge is 0.191 e. The van der Waals surface area contributed by atoms with Gasteiger partial charge in [-0.1, -0.05) is 30.0 Å². The molecule has 0 aliphatic heterocycles. The Morgan fingerprint density at radius 2 is 2.05 bits per heavy atom. The van der Waals surface area contributed by atoms with Gasteiger partial charge in [0.25, 0.3) is 0 Å². The van der Waals surface area contributed by atoms with Crippen LogP contribution in [0, 0.1) is 11.3 Å². The molecular weight excluding hydrogens is 312 g/mol. The van der Waals surface area contributed by atoms with Gasteiger partial charge in [-0.05, 0) is 29.1 Å². The van der Waals surface area contributed by atoms with Crippen LogP contribution in [0.15, 0.2) is 46.9 Å². The van der Waals surface area contributed by atoms with E-state index in [1.807, 2.05) is 35.9 Å². The second-order valence-electron chi connectivity index (χ2n) is 4.81. The molecule has 3 rings (SSSR count). The van der Waals surface area contributed by atoms with Gasteiger partial charge < -0.3 is 4.57 Å². The first-order chi connectivity index (χ1) is 10.8. The van der Waals surface area contributed by atoms with Gasteiger partial charge in [-0.15, -0.1) is 21.5 Å². The van der Waals surface area contributed by atoms with E-state index >= 15 is 0 Å². The van der Waals surface area contributed by atoms with Crippen LogP contribution in [-0.2, 0) is 19.2 Å². The van der Waals surface area contributed by atoms with E-state index in [0.717, 1.165) is 23.2 Å². The first-order valence-corrected chi connectivity index (χ1v) is 8.65.